The first-order chi connectivity index (χ1) is 10.8. The summed E-state index contributed by atoms with van der Waals surface area (Å²) in [4.78, 5) is 11.2. The first-order valence-corrected chi connectivity index (χ1v) is 7.84. The quantitative estimate of drug-likeness (QED) is 0.852. The Labute approximate surface area is 136 Å². The molecule has 0 aliphatic heterocycles. The van der Waals surface area contributed by atoms with Crippen LogP contribution in [0.25, 0.3) is 0 Å². The highest BCUT2D eigenvalue weighted by atomic mass is 32.1. The lowest BCUT2D eigenvalue weighted by molar-refractivity contribution is -0.135. The van der Waals surface area contributed by atoms with Gasteiger partial charge in [0.05, 0.1) is 12.5 Å². The number of hydrogen-bond acceptors (Lipinski definition) is 3. The second-order valence-electron chi connectivity index (χ2n) is 5.19. The van der Waals surface area contributed by atoms with Gasteiger partial charge in [-0.3, -0.25) is 4.79 Å². The molecule has 0 aliphatic carbocycles. The summed E-state index contributed by atoms with van der Waals surface area (Å²) in [5.74, 6) is 0.0833. The van der Waals surface area contributed by atoms with E-state index in [1.165, 1.54) is 11.4 Å². The van der Waals surface area contributed by atoms with Crippen LogP contribution >= 0.6 is 11.3 Å². The molecule has 2 rings (SSSR count). The average molecular weight is 343 g/mol. The zero-order valence-corrected chi connectivity index (χ0v) is 13.4. The number of carbonyl (C=O) groups is 1. The first kappa shape index (κ1) is 17.3. The molecule has 1 amide bonds. The van der Waals surface area contributed by atoms with Crippen molar-refractivity contribution in [2.45, 2.75) is 32.5 Å². The molecule has 0 saturated heterocycles. The van der Waals surface area contributed by atoms with Gasteiger partial charge in [-0.1, -0.05) is 6.07 Å². The fourth-order valence-electron chi connectivity index (χ4n) is 2.02. The average Bonchev–Trinajstić information content (AvgIpc) is 2.86. The molecule has 1 aromatic heterocycles. The van der Waals surface area contributed by atoms with E-state index in [0.29, 0.717) is 22.8 Å². The lowest BCUT2D eigenvalue weighted by atomic mass is 10.1. The molecule has 1 N–H and O–H groups in total. The van der Waals surface area contributed by atoms with E-state index in [-0.39, 0.29) is 18.1 Å². The number of hydrogen-bond donors (Lipinski definition) is 1. The van der Waals surface area contributed by atoms with E-state index < -0.39 is 17.0 Å². The van der Waals surface area contributed by atoms with Crippen LogP contribution < -0.4 is 10.1 Å². The van der Waals surface area contributed by atoms with Crippen LogP contribution in [-0.2, 0) is 17.4 Å². The van der Waals surface area contributed by atoms with Crippen LogP contribution in [0.1, 0.15) is 24.3 Å². The number of benzene rings is 1. The summed E-state index contributed by atoms with van der Waals surface area (Å²) < 4.78 is 43.9. The Hall–Kier alpha value is -2.02. The zero-order valence-electron chi connectivity index (χ0n) is 12.6. The van der Waals surface area contributed by atoms with Gasteiger partial charge in [-0.15, -0.1) is 11.3 Å². The van der Waals surface area contributed by atoms with Gasteiger partial charge in [0.1, 0.15) is 10.6 Å². The number of nitrogens with one attached hydrogen (secondary N) is 1. The molecular formula is C16H16F3NO2S. The maximum absolute atomic E-state index is 12.8. The van der Waals surface area contributed by atoms with Crippen molar-refractivity contribution < 1.29 is 22.7 Å². The van der Waals surface area contributed by atoms with Crippen LogP contribution in [-0.4, -0.2) is 12.0 Å². The van der Waals surface area contributed by atoms with E-state index in [2.05, 4.69) is 5.32 Å². The summed E-state index contributed by atoms with van der Waals surface area (Å²) >= 11 is 0.589. The zero-order chi connectivity index (χ0) is 17.0. The Morgan fingerprint density at radius 2 is 2.04 bits per heavy atom. The third-order valence-corrected chi connectivity index (χ3v) is 3.85. The molecule has 7 heteroatoms. The van der Waals surface area contributed by atoms with Crippen LogP contribution in [0.5, 0.6) is 5.75 Å². The summed E-state index contributed by atoms with van der Waals surface area (Å²) in [5.41, 5.74) is 0.464. The van der Waals surface area contributed by atoms with Crippen molar-refractivity contribution in [1.29, 1.82) is 0 Å². The molecule has 23 heavy (non-hydrogen) atoms. The van der Waals surface area contributed by atoms with Gasteiger partial charge < -0.3 is 10.1 Å². The van der Waals surface area contributed by atoms with Crippen molar-refractivity contribution in [2.75, 3.05) is 5.32 Å². The number of amides is 1. The Balaban J connectivity index is 2.05. The maximum atomic E-state index is 12.8. The Morgan fingerprint density at radius 3 is 2.70 bits per heavy atom. The van der Waals surface area contributed by atoms with E-state index in [9.17, 15) is 18.0 Å². The van der Waals surface area contributed by atoms with Gasteiger partial charge in [0.25, 0.3) is 0 Å². The fraction of sp³-hybridized carbons (Fsp3) is 0.312. The van der Waals surface area contributed by atoms with Crippen molar-refractivity contribution in [1.82, 2.24) is 0 Å². The molecule has 2 aromatic rings. The molecule has 0 saturated carbocycles. The highest BCUT2D eigenvalue weighted by molar-refractivity contribution is 7.10. The summed E-state index contributed by atoms with van der Waals surface area (Å²) in [6.07, 6.45) is -4.77. The number of thiophene rings is 1. The van der Waals surface area contributed by atoms with Gasteiger partial charge in [0.15, 0.2) is 0 Å². The fourth-order valence-corrected chi connectivity index (χ4v) is 2.81. The molecular weight excluding hydrogens is 327 g/mol. The predicted molar refractivity (Wildman–Crippen MR) is 83.9 cm³/mol. The molecule has 0 fully saturated rings. The first-order valence-electron chi connectivity index (χ1n) is 6.96. The van der Waals surface area contributed by atoms with E-state index in [4.69, 9.17) is 4.74 Å². The third kappa shape index (κ3) is 4.99. The normalized spacial score (nSPS) is 11.6. The third-order valence-electron chi connectivity index (χ3n) is 2.84. The molecule has 3 nitrogen and oxygen atoms in total. The number of alkyl halides is 3. The minimum absolute atomic E-state index is 0.0129. The van der Waals surface area contributed by atoms with Crippen molar-refractivity contribution in [3.05, 3.63) is 46.2 Å². The number of anilines is 1. The molecule has 0 radical (unpaired) electrons. The summed E-state index contributed by atoms with van der Waals surface area (Å²) in [6.45, 7) is 3.75. The second-order valence-corrected chi connectivity index (χ2v) is 6.11. The summed E-state index contributed by atoms with van der Waals surface area (Å²) in [6, 6.07) is 8.07. The van der Waals surface area contributed by atoms with E-state index in [1.807, 2.05) is 13.8 Å². The molecule has 0 aliphatic rings. The van der Waals surface area contributed by atoms with Crippen LogP contribution in [0, 0.1) is 0 Å². The lowest BCUT2D eigenvalue weighted by Gasteiger charge is -2.12. The van der Waals surface area contributed by atoms with Gasteiger partial charge in [-0.2, -0.15) is 13.2 Å². The molecule has 124 valence electrons. The van der Waals surface area contributed by atoms with Crippen molar-refractivity contribution >= 4 is 22.9 Å². The van der Waals surface area contributed by atoms with Crippen molar-refractivity contribution in [3.8, 4) is 5.75 Å². The van der Waals surface area contributed by atoms with Crippen molar-refractivity contribution in [2.24, 2.45) is 0 Å². The van der Waals surface area contributed by atoms with Gasteiger partial charge in [0, 0.05) is 11.8 Å². The highest BCUT2D eigenvalue weighted by Crippen LogP contribution is 2.36. The van der Waals surface area contributed by atoms with E-state index in [1.54, 1.807) is 24.3 Å². The SMILES string of the molecule is CC(C)Oc1cccc(NC(=O)Cc2ccsc2C(F)(F)F)c1. The molecule has 0 spiro atoms. The maximum Gasteiger partial charge on any atom is 0.425 e. The van der Waals surface area contributed by atoms with Crippen LogP contribution in [0.15, 0.2) is 35.7 Å². The minimum Gasteiger partial charge on any atom is -0.491 e. The van der Waals surface area contributed by atoms with Gasteiger partial charge in [-0.25, -0.2) is 0 Å². The van der Waals surface area contributed by atoms with Crippen LogP contribution in [0.4, 0.5) is 18.9 Å². The number of halogens is 3. The predicted octanol–water partition coefficient (Wildman–Crippen LogP) is 4.74. The Kier molecular flexibility index (Phi) is 5.30. The minimum atomic E-state index is -4.44. The number of carbonyl (C=O) groups excluding carboxylic acids is 1. The number of ether oxygens (including phenoxy) is 1. The molecule has 0 bridgehead atoms. The van der Waals surface area contributed by atoms with E-state index >= 15 is 0 Å². The molecule has 1 aromatic carbocycles. The Bertz CT molecular complexity index is 680. The molecule has 1 heterocycles. The van der Waals surface area contributed by atoms with Gasteiger partial charge in [0.2, 0.25) is 5.91 Å². The largest absolute Gasteiger partial charge is 0.491 e. The standard InChI is InChI=1S/C16H16F3NO2S/c1-10(2)22-13-5-3-4-12(9-13)20-14(21)8-11-6-7-23-15(11)16(17,18)19/h3-7,9-10H,8H2,1-2H3,(H,20,21). The monoisotopic (exact) mass is 343 g/mol. The van der Waals surface area contributed by atoms with Crippen LogP contribution in [0.3, 0.4) is 0 Å². The Morgan fingerprint density at radius 1 is 1.30 bits per heavy atom. The molecule has 0 unspecified atom stereocenters. The van der Waals surface area contributed by atoms with Gasteiger partial charge >= 0.3 is 6.18 Å². The van der Waals surface area contributed by atoms with Crippen LogP contribution in [0.2, 0.25) is 0 Å². The van der Waals surface area contributed by atoms with E-state index in [0.717, 1.165) is 0 Å². The van der Waals surface area contributed by atoms with Gasteiger partial charge in [-0.05, 0) is 43.0 Å². The smallest absolute Gasteiger partial charge is 0.425 e. The molecule has 0 atom stereocenters. The topological polar surface area (TPSA) is 38.3 Å². The summed E-state index contributed by atoms with van der Waals surface area (Å²) in [7, 11) is 0. The second kappa shape index (κ2) is 7.04. The lowest BCUT2D eigenvalue weighted by Crippen LogP contribution is -2.16. The highest BCUT2D eigenvalue weighted by Gasteiger charge is 2.35. The summed E-state index contributed by atoms with van der Waals surface area (Å²) in [5, 5.41) is 3.93. The number of rotatable bonds is 5. The van der Waals surface area contributed by atoms with Crippen molar-refractivity contribution in [3.63, 3.8) is 0 Å².